The van der Waals surface area contributed by atoms with Crippen LogP contribution in [0.2, 0.25) is 0 Å². The number of nitrogens with two attached hydrogens (primary N) is 1. The number of fused-ring (bicyclic) bond motifs is 3. The van der Waals surface area contributed by atoms with E-state index in [-0.39, 0.29) is 35.1 Å². The van der Waals surface area contributed by atoms with E-state index >= 15 is 0 Å². The molecule has 2 atom stereocenters. The smallest absolute Gasteiger partial charge is 0.212 e. The normalized spacial score (nSPS) is 20.6. The molecule has 8 nitrogen and oxygen atoms in total. The Labute approximate surface area is 213 Å². The molecule has 4 heterocycles. The van der Waals surface area contributed by atoms with Crippen LogP contribution in [0.3, 0.4) is 0 Å². The average Bonchev–Trinajstić information content (AvgIpc) is 3.50. The molecule has 4 aromatic rings. The zero-order chi connectivity index (χ0) is 25.7. The first-order valence-corrected chi connectivity index (χ1v) is 12.2. The van der Waals surface area contributed by atoms with Crippen LogP contribution in [0.5, 0.6) is 5.75 Å². The maximum absolute atomic E-state index is 14.9. The summed E-state index contributed by atoms with van der Waals surface area (Å²) in [5, 5.41) is 9.69. The molecule has 2 aromatic heterocycles. The highest BCUT2D eigenvalue weighted by atomic mass is 19.1. The van der Waals surface area contributed by atoms with Gasteiger partial charge in [-0.3, -0.25) is 4.40 Å². The molecule has 6 rings (SSSR count). The minimum absolute atomic E-state index is 0.142. The van der Waals surface area contributed by atoms with Gasteiger partial charge < -0.3 is 15.4 Å². The van der Waals surface area contributed by atoms with Gasteiger partial charge in [-0.1, -0.05) is 18.2 Å². The lowest BCUT2D eigenvalue weighted by Crippen LogP contribution is -2.48. The number of imidazole rings is 1. The van der Waals surface area contributed by atoms with E-state index in [1.807, 2.05) is 10.6 Å². The highest BCUT2D eigenvalue weighted by molar-refractivity contribution is 5.92. The van der Waals surface area contributed by atoms with Crippen molar-refractivity contribution in [3.63, 3.8) is 0 Å². The second-order valence-corrected chi connectivity index (χ2v) is 9.58. The molecule has 2 aliphatic rings. The average molecular weight is 494 g/mol. The Morgan fingerprint density at radius 3 is 2.59 bits per heavy atom. The van der Waals surface area contributed by atoms with Crippen LogP contribution in [-0.4, -0.2) is 39.6 Å². The third-order valence-electron chi connectivity index (χ3n) is 7.48. The Kier molecular flexibility index (Phi) is 5.51. The highest BCUT2D eigenvalue weighted by Gasteiger charge is 2.41. The van der Waals surface area contributed by atoms with E-state index in [4.69, 9.17) is 22.0 Å². The van der Waals surface area contributed by atoms with Crippen molar-refractivity contribution < 1.29 is 9.13 Å². The minimum atomic E-state index is -0.496. The van der Waals surface area contributed by atoms with Crippen LogP contribution in [0.15, 0.2) is 48.8 Å². The number of halogens is 1. The maximum Gasteiger partial charge on any atom is 0.212 e. The SMILES string of the molecule is [C-]#[N+]c1ccc(-c2nc(N3C4CCC3CC(N)C4)n3ccnc3c2-c2ccc(OC)c(F)c2)cc1C#N. The molecule has 0 spiro atoms. The van der Waals surface area contributed by atoms with Crippen LogP contribution in [0.1, 0.15) is 31.2 Å². The number of nitrogens with zero attached hydrogens (tertiary/aromatic N) is 6. The molecule has 2 fully saturated rings. The second-order valence-electron chi connectivity index (χ2n) is 9.58. The van der Waals surface area contributed by atoms with Crippen molar-refractivity contribution in [1.29, 1.82) is 5.26 Å². The van der Waals surface area contributed by atoms with E-state index in [0.717, 1.165) is 31.6 Å². The zero-order valence-corrected chi connectivity index (χ0v) is 20.2. The quantitative estimate of drug-likeness (QED) is 0.398. The maximum atomic E-state index is 14.9. The summed E-state index contributed by atoms with van der Waals surface area (Å²) in [7, 11) is 1.42. The fourth-order valence-electron chi connectivity index (χ4n) is 5.86. The minimum Gasteiger partial charge on any atom is -0.494 e. The lowest BCUT2D eigenvalue weighted by molar-refractivity contribution is 0.386. The Balaban J connectivity index is 1.64. The van der Waals surface area contributed by atoms with E-state index in [9.17, 15) is 9.65 Å². The largest absolute Gasteiger partial charge is 0.494 e. The number of ether oxygens (including phenoxy) is 1. The van der Waals surface area contributed by atoms with Gasteiger partial charge in [0.1, 0.15) is 5.65 Å². The lowest BCUT2D eigenvalue weighted by Gasteiger charge is -2.39. The number of hydrogen-bond acceptors (Lipinski definition) is 6. The summed E-state index contributed by atoms with van der Waals surface area (Å²) in [5.41, 5.74) is 9.95. The van der Waals surface area contributed by atoms with Crippen molar-refractivity contribution in [3.8, 4) is 34.2 Å². The molecule has 2 aliphatic heterocycles. The molecule has 2 unspecified atom stereocenters. The summed E-state index contributed by atoms with van der Waals surface area (Å²) < 4.78 is 21.9. The Morgan fingerprint density at radius 1 is 1.16 bits per heavy atom. The molecular formula is C28H24FN7O. The standard InChI is InChI=1S/C28H24FN7O/c1-32-23-7-3-17(11-18(23)15-30)26-25(16-4-8-24(37-2)22(29)12-16)27-33-9-10-35(27)28(34-26)36-20-5-6-21(36)14-19(31)13-20/h3-4,7-12,19-21H,5-6,13-14,31H2,2H3. The van der Waals surface area contributed by atoms with E-state index < -0.39 is 5.82 Å². The predicted octanol–water partition coefficient (Wildman–Crippen LogP) is 5.09. The molecule has 2 aromatic carbocycles. The number of hydrogen-bond donors (Lipinski definition) is 1. The van der Waals surface area contributed by atoms with Crippen molar-refractivity contribution in [1.82, 2.24) is 14.4 Å². The van der Waals surface area contributed by atoms with Crippen LogP contribution in [0.4, 0.5) is 16.0 Å². The van der Waals surface area contributed by atoms with E-state index in [1.54, 1.807) is 36.5 Å². The topological polar surface area (TPSA) is 96.8 Å². The van der Waals surface area contributed by atoms with Crippen LogP contribution in [0.25, 0.3) is 32.9 Å². The molecule has 0 saturated carbocycles. The molecule has 0 radical (unpaired) electrons. The third kappa shape index (κ3) is 3.67. The molecule has 2 saturated heterocycles. The molecule has 9 heteroatoms. The number of piperidine rings is 1. The summed E-state index contributed by atoms with van der Waals surface area (Å²) in [6.45, 7) is 7.40. The summed E-state index contributed by atoms with van der Waals surface area (Å²) >= 11 is 0. The van der Waals surface area contributed by atoms with Crippen LogP contribution in [0, 0.1) is 23.7 Å². The zero-order valence-electron chi connectivity index (χ0n) is 20.2. The molecular weight excluding hydrogens is 469 g/mol. The Hall–Kier alpha value is -4.47. The van der Waals surface area contributed by atoms with Gasteiger partial charge in [-0.25, -0.2) is 19.2 Å². The van der Waals surface area contributed by atoms with Gasteiger partial charge in [-0.15, -0.1) is 0 Å². The van der Waals surface area contributed by atoms with Crippen molar-refractivity contribution in [2.45, 2.75) is 43.8 Å². The van der Waals surface area contributed by atoms with Gasteiger partial charge in [0.15, 0.2) is 11.6 Å². The van der Waals surface area contributed by atoms with Crippen LogP contribution >= 0.6 is 0 Å². The van der Waals surface area contributed by atoms with Crippen LogP contribution in [-0.2, 0) is 0 Å². The molecule has 0 amide bonds. The number of aromatic nitrogens is 3. The van der Waals surface area contributed by atoms with Crippen molar-refractivity contribution >= 4 is 17.3 Å². The first-order chi connectivity index (χ1) is 18.0. The summed E-state index contributed by atoms with van der Waals surface area (Å²) in [5.74, 6) is 0.403. The summed E-state index contributed by atoms with van der Waals surface area (Å²) in [6.07, 6.45) is 7.49. The van der Waals surface area contributed by atoms with E-state index in [2.05, 4.69) is 20.8 Å². The second kappa shape index (κ2) is 8.88. The predicted molar refractivity (Wildman–Crippen MR) is 138 cm³/mol. The first-order valence-electron chi connectivity index (χ1n) is 12.2. The van der Waals surface area contributed by atoms with Crippen molar-refractivity contribution in [2.75, 3.05) is 12.0 Å². The lowest BCUT2D eigenvalue weighted by atomic mass is 9.97. The van der Waals surface area contributed by atoms with E-state index in [1.165, 1.54) is 13.2 Å². The fourth-order valence-corrected chi connectivity index (χ4v) is 5.86. The van der Waals surface area contributed by atoms with Gasteiger partial charge in [0, 0.05) is 30.5 Å². The highest BCUT2D eigenvalue weighted by Crippen LogP contribution is 2.43. The van der Waals surface area contributed by atoms with E-state index in [0.29, 0.717) is 28.0 Å². The molecule has 37 heavy (non-hydrogen) atoms. The molecule has 184 valence electrons. The Bertz CT molecular complexity index is 1600. The number of benzene rings is 2. The third-order valence-corrected chi connectivity index (χ3v) is 7.48. The monoisotopic (exact) mass is 493 g/mol. The number of rotatable bonds is 4. The van der Waals surface area contributed by atoms with Crippen LogP contribution < -0.4 is 15.4 Å². The number of nitriles is 1. The number of anilines is 1. The van der Waals surface area contributed by atoms with Gasteiger partial charge in [-0.2, -0.15) is 5.26 Å². The van der Waals surface area contributed by atoms with Gasteiger partial charge in [0.2, 0.25) is 11.6 Å². The number of methoxy groups -OCH3 is 1. The van der Waals surface area contributed by atoms with Crippen molar-refractivity contribution in [3.05, 3.63) is 71.6 Å². The van der Waals surface area contributed by atoms with Gasteiger partial charge >= 0.3 is 0 Å². The summed E-state index contributed by atoms with van der Waals surface area (Å²) in [4.78, 5) is 15.7. The molecule has 0 aliphatic carbocycles. The summed E-state index contributed by atoms with van der Waals surface area (Å²) in [6, 6.07) is 12.7. The molecule has 2 bridgehead atoms. The van der Waals surface area contributed by atoms with Gasteiger partial charge in [0.25, 0.3) is 0 Å². The molecule has 2 N–H and O–H groups in total. The van der Waals surface area contributed by atoms with Gasteiger partial charge in [-0.05, 0) is 55.0 Å². The van der Waals surface area contributed by atoms with Gasteiger partial charge in [0.05, 0.1) is 36.6 Å². The Morgan fingerprint density at radius 2 is 1.92 bits per heavy atom. The first kappa shape index (κ1) is 23.0. The fraction of sp³-hybridized carbons (Fsp3) is 0.286. The van der Waals surface area contributed by atoms with Crippen molar-refractivity contribution in [2.24, 2.45) is 5.73 Å².